The summed E-state index contributed by atoms with van der Waals surface area (Å²) in [5, 5.41) is 8.80. The number of sulfonamides is 1. The van der Waals surface area contributed by atoms with E-state index in [0.29, 0.717) is 11.3 Å². The standard InChI is InChI=1S/C19H20N2O4S/c1-3-13-5-7-16-14(11-25-17(16)8-13)9-19(22)21-15-6-4-12(2)18(10-15)26(20,23)24/h4-8,10-11H,3,9H2,1-2H3,(H,21,22)(H2,20,23,24). The monoisotopic (exact) mass is 372 g/mol. The molecule has 0 aliphatic carbocycles. The lowest BCUT2D eigenvalue weighted by molar-refractivity contribution is -0.115. The Morgan fingerprint density at radius 2 is 1.96 bits per heavy atom. The SMILES string of the molecule is CCc1ccc2c(CC(=O)Nc3ccc(C)c(S(N)(=O)=O)c3)coc2c1. The summed E-state index contributed by atoms with van der Waals surface area (Å²) in [5.41, 5.74) is 3.60. The second-order valence-electron chi connectivity index (χ2n) is 6.20. The van der Waals surface area contributed by atoms with Crippen molar-refractivity contribution in [3.63, 3.8) is 0 Å². The van der Waals surface area contributed by atoms with Crippen molar-refractivity contribution in [3.8, 4) is 0 Å². The van der Waals surface area contributed by atoms with Gasteiger partial charge in [-0.1, -0.05) is 25.1 Å². The molecule has 1 aromatic heterocycles. The Morgan fingerprint density at radius 1 is 1.19 bits per heavy atom. The summed E-state index contributed by atoms with van der Waals surface area (Å²) < 4.78 is 28.7. The van der Waals surface area contributed by atoms with Crippen molar-refractivity contribution in [3.05, 3.63) is 59.4 Å². The van der Waals surface area contributed by atoms with Crippen LogP contribution in [0.4, 0.5) is 5.69 Å². The Bertz CT molecular complexity index is 1080. The van der Waals surface area contributed by atoms with Gasteiger partial charge in [0.05, 0.1) is 17.6 Å². The molecule has 2 aromatic carbocycles. The zero-order valence-electron chi connectivity index (χ0n) is 14.6. The lowest BCUT2D eigenvalue weighted by Crippen LogP contribution is -2.17. The molecule has 6 nitrogen and oxygen atoms in total. The molecule has 7 heteroatoms. The van der Waals surface area contributed by atoms with Crippen LogP contribution in [0.2, 0.25) is 0 Å². The molecule has 3 aromatic rings. The van der Waals surface area contributed by atoms with Gasteiger partial charge < -0.3 is 9.73 Å². The third kappa shape index (κ3) is 3.79. The minimum atomic E-state index is -3.84. The van der Waals surface area contributed by atoms with Gasteiger partial charge in [0, 0.05) is 16.6 Å². The van der Waals surface area contributed by atoms with Crippen LogP contribution < -0.4 is 10.5 Å². The largest absolute Gasteiger partial charge is 0.464 e. The molecular formula is C19H20N2O4S. The molecule has 0 fully saturated rings. The molecule has 1 amide bonds. The van der Waals surface area contributed by atoms with Crippen molar-refractivity contribution < 1.29 is 17.6 Å². The van der Waals surface area contributed by atoms with E-state index in [2.05, 4.69) is 12.2 Å². The molecular weight excluding hydrogens is 352 g/mol. The second kappa shape index (κ2) is 6.93. The number of amides is 1. The normalized spacial score (nSPS) is 11.7. The molecule has 0 aliphatic heterocycles. The van der Waals surface area contributed by atoms with Crippen molar-refractivity contribution in [2.45, 2.75) is 31.6 Å². The van der Waals surface area contributed by atoms with Gasteiger partial charge in [0.1, 0.15) is 5.58 Å². The summed E-state index contributed by atoms with van der Waals surface area (Å²) in [6, 6.07) is 10.5. The molecule has 0 aliphatic rings. The fourth-order valence-corrected chi connectivity index (χ4v) is 3.66. The highest BCUT2D eigenvalue weighted by molar-refractivity contribution is 7.89. The molecule has 0 saturated carbocycles. The van der Waals surface area contributed by atoms with Gasteiger partial charge >= 0.3 is 0 Å². The third-order valence-electron chi connectivity index (χ3n) is 4.26. The van der Waals surface area contributed by atoms with Crippen LogP contribution in [0.15, 0.2) is 52.0 Å². The Hall–Kier alpha value is -2.64. The Kier molecular flexibility index (Phi) is 4.84. The minimum Gasteiger partial charge on any atom is -0.464 e. The fraction of sp³-hybridized carbons (Fsp3) is 0.211. The molecule has 0 bridgehead atoms. The summed E-state index contributed by atoms with van der Waals surface area (Å²) in [6.07, 6.45) is 2.61. The number of anilines is 1. The number of carbonyl (C=O) groups is 1. The highest BCUT2D eigenvalue weighted by Gasteiger charge is 2.15. The zero-order chi connectivity index (χ0) is 18.9. The van der Waals surface area contributed by atoms with E-state index >= 15 is 0 Å². The molecule has 0 radical (unpaired) electrons. The van der Waals surface area contributed by atoms with Crippen LogP contribution >= 0.6 is 0 Å². The molecule has 136 valence electrons. The third-order valence-corrected chi connectivity index (χ3v) is 5.31. The summed E-state index contributed by atoms with van der Waals surface area (Å²) in [4.78, 5) is 12.4. The van der Waals surface area contributed by atoms with Crippen LogP contribution in [0.3, 0.4) is 0 Å². The van der Waals surface area contributed by atoms with Crippen molar-refractivity contribution in [2.75, 3.05) is 5.32 Å². The van der Waals surface area contributed by atoms with Gasteiger partial charge in [-0.05, 0) is 42.7 Å². The van der Waals surface area contributed by atoms with Crippen LogP contribution in [-0.4, -0.2) is 14.3 Å². The highest BCUT2D eigenvalue weighted by Crippen LogP contribution is 2.24. The van der Waals surface area contributed by atoms with Gasteiger partial charge in [-0.3, -0.25) is 4.79 Å². The lowest BCUT2D eigenvalue weighted by atomic mass is 10.1. The quantitative estimate of drug-likeness (QED) is 0.718. The van der Waals surface area contributed by atoms with Gasteiger partial charge in [-0.2, -0.15) is 0 Å². The number of rotatable bonds is 5. The van der Waals surface area contributed by atoms with E-state index < -0.39 is 10.0 Å². The molecule has 1 heterocycles. The first-order valence-corrected chi connectivity index (χ1v) is 9.75. The van der Waals surface area contributed by atoms with E-state index in [-0.39, 0.29) is 17.2 Å². The number of hydrogen-bond donors (Lipinski definition) is 2. The number of nitrogens with two attached hydrogens (primary N) is 1. The minimum absolute atomic E-state index is 0.00356. The number of carbonyl (C=O) groups excluding carboxylic acids is 1. The molecule has 3 rings (SSSR count). The van der Waals surface area contributed by atoms with E-state index in [1.165, 1.54) is 6.07 Å². The topological polar surface area (TPSA) is 102 Å². The number of primary sulfonamides is 1. The van der Waals surface area contributed by atoms with Gasteiger partial charge in [-0.15, -0.1) is 0 Å². The van der Waals surface area contributed by atoms with E-state index in [1.807, 2.05) is 18.2 Å². The van der Waals surface area contributed by atoms with Crippen LogP contribution in [-0.2, 0) is 27.7 Å². The number of aryl methyl sites for hydroxylation is 2. The summed E-state index contributed by atoms with van der Waals surface area (Å²) in [7, 11) is -3.84. The number of nitrogens with one attached hydrogen (secondary N) is 1. The van der Waals surface area contributed by atoms with E-state index in [9.17, 15) is 13.2 Å². The maximum atomic E-state index is 12.4. The van der Waals surface area contributed by atoms with Crippen molar-refractivity contribution in [2.24, 2.45) is 5.14 Å². The Morgan fingerprint density at radius 3 is 2.65 bits per heavy atom. The maximum Gasteiger partial charge on any atom is 0.238 e. The molecule has 26 heavy (non-hydrogen) atoms. The summed E-state index contributed by atoms with van der Waals surface area (Å²) in [5.74, 6) is -0.267. The molecule has 0 unspecified atom stereocenters. The van der Waals surface area contributed by atoms with Crippen LogP contribution in [0.5, 0.6) is 0 Å². The first-order valence-electron chi connectivity index (χ1n) is 8.20. The number of furan rings is 1. The summed E-state index contributed by atoms with van der Waals surface area (Å²) >= 11 is 0. The van der Waals surface area contributed by atoms with E-state index in [0.717, 1.165) is 28.5 Å². The first-order chi connectivity index (χ1) is 12.3. The average Bonchev–Trinajstić information content (AvgIpc) is 2.97. The maximum absolute atomic E-state index is 12.4. The second-order valence-corrected chi connectivity index (χ2v) is 7.73. The molecule has 0 spiro atoms. The van der Waals surface area contributed by atoms with Crippen molar-refractivity contribution >= 4 is 32.6 Å². The number of hydrogen-bond acceptors (Lipinski definition) is 4. The van der Waals surface area contributed by atoms with E-state index in [4.69, 9.17) is 9.56 Å². The fourth-order valence-electron chi connectivity index (χ4n) is 2.85. The smallest absolute Gasteiger partial charge is 0.238 e. The molecule has 0 saturated heterocycles. The Labute approximate surface area is 152 Å². The van der Waals surface area contributed by atoms with Gasteiger partial charge in [0.2, 0.25) is 15.9 Å². The van der Waals surface area contributed by atoms with Crippen molar-refractivity contribution in [1.29, 1.82) is 0 Å². The van der Waals surface area contributed by atoms with Gasteiger partial charge in [0.15, 0.2) is 0 Å². The number of benzene rings is 2. The highest BCUT2D eigenvalue weighted by atomic mass is 32.2. The molecule has 3 N–H and O–H groups in total. The summed E-state index contributed by atoms with van der Waals surface area (Å²) in [6.45, 7) is 3.71. The molecule has 0 atom stereocenters. The van der Waals surface area contributed by atoms with Crippen LogP contribution in [0, 0.1) is 6.92 Å². The Balaban J connectivity index is 1.80. The van der Waals surface area contributed by atoms with Crippen molar-refractivity contribution in [1.82, 2.24) is 0 Å². The van der Waals surface area contributed by atoms with Gasteiger partial charge in [-0.25, -0.2) is 13.6 Å². The zero-order valence-corrected chi connectivity index (χ0v) is 15.4. The first kappa shape index (κ1) is 18.2. The predicted octanol–water partition coefficient (Wildman–Crippen LogP) is 3.13. The predicted molar refractivity (Wildman–Crippen MR) is 100 cm³/mol. The lowest BCUT2D eigenvalue weighted by Gasteiger charge is -2.08. The van der Waals surface area contributed by atoms with Crippen LogP contribution in [0.25, 0.3) is 11.0 Å². The average molecular weight is 372 g/mol. The van der Waals surface area contributed by atoms with E-state index in [1.54, 1.807) is 25.3 Å². The van der Waals surface area contributed by atoms with Gasteiger partial charge in [0.25, 0.3) is 0 Å². The van der Waals surface area contributed by atoms with Crippen LogP contribution in [0.1, 0.15) is 23.6 Å². The number of fused-ring (bicyclic) bond motifs is 1.